The van der Waals surface area contributed by atoms with Crippen LogP contribution >= 0.6 is 0 Å². The van der Waals surface area contributed by atoms with E-state index in [9.17, 15) is 23.9 Å². The first-order valence-corrected chi connectivity index (χ1v) is 8.06. The Balaban J connectivity index is 2.49. The van der Waals surface area contributed by atoms with Gasteiger partial charge in [-0.2, -0.15) is 5.26 Å². The van der Waals surface area contributed by atoms with Crippen LogP contribution in [0.2, 0.25) is 0 Å². The van der Waals surface area contributed by atoms with Crippen molar-refractivity contribution in [2.45, 2.75) is 26.8 Å². The van der Waals surface area contributed by atoms with Crippen molar-refractivity contribution < 1.29 is 18.7 Å². The van der Waals surface area contributed by atoms with Crippen LogP contribution in [0.4, 0.5) is 8.78 Å². The van der Waals surface area contributed by atoms with E-state index in [-0.39, 0.29) is 22.7 Å². The number of phenolic OH excluding ortho intramolecular Hbond substituents is 1. The number of hydrogen-bond donors (Lipinski definition) is 2. The van der Waals surface area contributed by atoms with E-state index < -0.39 is 18.9 Å². The van der Waals surface area contributed by atoms with E-state index in [1.807, 2.05) is 6.07 Å². The number of pyridine rings is 1. The number of nitrogens with two attached hydrogens (primary N) is 1. The Morgan fingerprint density at radius 2 is 2.11 bits per heavy atom. The summed E-state index contributed by atoms with van der Waals surface area (Å²) < 4.78 is 27.1. The van der Waals surface area contributed by atoms with E-state index in [2.05, 4.69) is 4.98 Å². The number of aromatic nitrogens is 2. The molecule has 0 saturated carbocycles. The topological polar surface area (TPSA) is 105 Å². The van der Waals surface area contributed by atoms with Gasteiger partial charge in [0, 0.05) is 11.6 Å². The molecule has 0 aliphatic heterocycles. The van der Waals surface area contributed by atoms with E-state index in [1.54, 1.807) is 19.9 Å². The van der Waals surface area contributed by atoms with E-state index in [1.165, 1.54) is 18.3 Å². The van der Waals surface area contributed by atoms with Crippen LogP contribution in [0.1, 0.15) is 27.2 Å². The van der Waals surface area contributed by atoms with Crippen molar-refractivity contribution in [1.82, 2.24) is 9.55 Å². The maximum Gasteiger partial charge on any atom is 0.267 e. The van der Waals surface area contributed by atoms with E-state index in [0.29, 0.717) is 22.1 Å². The average molecular weight is 370 g/mol. The number of fused-ring (bicyclic) bond motifs is 1. The minimum Gasteiger partial charge on any atom is -0.508 e. The van der Waals surface area contributed by atoms with Gasteiger partial charge in [0.15, 0.2) is 0 Å². The lowest BCUT2D eigenvalue weighted by molar-refractivity contribution is 0.0996. The van der Waals surface area contributed by atoms with Crippen LogP contribution in [0.5, 0.6) is 5.75 Å². The Morgan fingerprint density at radius 1 is 1.41 bits per heavy atom. The number of halogens is 2. The Bertz CT molecular complexity index is 1110. The van der Waals surface area contributed by atoms with Crippen molar-refractivity contribution >= 4 is 16.9 Å². The summed E-state index contributed by atoms with van der Waals surface area (Å²) in [6.45, 7) is 2.82. The standard InChI is InChI=1S/C19H16F2N4O2/c1-9-3-4-14(26)10(2)16(9)12-5-13(18(23)27)24-19-17(12)11(6-22)7-25(19)8-15(20)21/h3-5,7,15,26H,8H2,1-2H3,(H2,23,27). The Morgan fingerprint density at radius 3 is 2.70 bits per heavy atom. The highest BCUT2D eigenvalue weighted by atomic mass is 19.3. The number of aryl methyl sites for hydroxylation is 1. The number of alkyl halides is 2. The SMILES string of the molecule is Cc1ccc(O)c(C)c1-c1cc(C(N)=O)nc2c1c(C#N)cn2CC(F)F. The molecular formula is C19H16F2N4O2. The molecule has 6 nitrogen and oxygen atoms in total. The Kier molecular flexibility index (Phi) is 4.54. The minimum atomic E-state index is -2.67. The smallest absolute Gasteiger partial charge is 0.267 e. The third kappa shape index (κ3) is 3.08. The van der Waals surface area contributed by atoms with Gasteiger partial charge in [0.25, 0.3) is 12.3 Å². The van der Waals surface area contributed by atoms with Gasteiger partial charge in [-0.05, 0) is 48.2 Å². The largest absolute Gasteiger partial charge is 0.508 e. The number of nitrogens with zero attached hydrogens (tertiary/aromatic N) is 3. The van der Waals surface area contributed by atoms with Gasteiger partial charge in [-0.3, -0.25) is 4.79 Å². The predicted molar refractivity (Wildman–Crippen MR) is 95.5 cm³/mol. The van der Waals surface area contributed by atoms with Crippen molar-refractivity contribution in [3.8, 4) is 22.9 Å². The van der Waals surface area contributed by atoms with Crippen molar-refractivity contribution in [3.63, 3.8) is 0 Å². The molecule has 3 rings (SSSR count). The fourth-order valence-corrected chi connectivity index (χ4v) is 3.23. The number of phenols is 1. The number of rotatable bonds is 4. The lowest BCUT2D eigenvalue weighted by Gasteiger charge is -2.14. The van der Waals surface area contributed by atoms with Crippen LogP contribution in [-0.2, 0) is 6.54 Å². The molecule has 0 unspecified atom stereocenters. The summed E-state index contributed by atoms with van der Waals surface area (Å²) in [7, 11) is 0. The molecule has 2 aromatic heterocycles. The number of carbonyl (C=O) groups excluding carboxylic acids is 1. The lowest BCUT2D eigenvalue weighted by Crippen LogP contribution is -2.14. The number of amides is 1. The highest BCUT2D eigenvalue weighted by Gasteiger charge is 2.22. The van der Waals surface area contributed by atoms with Crippen LogP contribution < -0.4 is 5.73 Å². The number of nitriles is 1. The van der Waals surface area contributed by atoms with Gasteiger partial charge < -0.3 is 15.4 Å². The molecule has 0 saturated heterocycles. The molecule has 2 heterocycles. The number of benzene rings is 1. The van der Waals surface area contributed by atoms with Gasteiger partial charge in [-0.1, -0.05) is 6.07 Å². The fraction of sp³-hybridized carbons (Fsp3) is 0.211. The normalized spacial score (nSPS) is 11.1. The second-order valence-electron chi connectivity index (χ2n) is 6.22. The number of primary amides is 1. The van der Waals surface area contributed by atoms with Crippen molar-refractivity contribution in [2.24, 2.45) is 5.73 Å². The number of hydrogen-bond acceptors (Lipinski definition) is 4. The zero-order valence-corrected chi connectivity index (χ0v) is 14.6. The van der Waals surface area contributed by atoms with Crippen LogP contribution in [0.15, 0.2) is 24.4 Å². The number of aromatic hydroxyl groups is 1. The summed E-state index contributed by atoms with van der Waals surface area (Å²) in [4.78, 5) is 15.9. The molecule has 3 N–H and O–H groups in total. The van der Waals surface area contributed by atoms with Gasteiger partial charge in [0.05, 0.1) is 12.1 Å². The van der Waals surface area contributed by atoms with Crippen LogP contribution in [-0.4, -0.2) is 27.0 Å². The highest BCUT2D eigenvalue weighted by molar-refractivity contribution is 6.03. The predicted octanol–water partition coefficient (Wildman–Crippen LogP) is 3.26. The zero-order chi connectivity index (χ0) is 19.9. The van der Waals surface area contributed by atoms with Gasteiger partial charge >= 0.3 is 0 Å². The van der Waals surface area contributed by atoms with Crippen LogP contribution in [0, 0.1) is 25.2 Å². The van der Waals surface area contributed by atoms with Crippen molar-refractivity contribution in [3.05, 3.63) is 46.8 Å². The van der Waals surface area contributed by atoms with Crippen LogP contribution in [0.25, 0.3) is 22.2 Å². The molecule has 0 atom stereocenters. The first kappa shape index (κ1) is 18.3. The van der Waals surface area contributed by atoms with Crippen LogP contribution in [0.3, 0.4) is 0 Å². The summed E-state index contributed by atoms with van der Waals surface area (Å²) in [5.74, 6) is -0.788. The molecule has 0 bridgehead atoms. The maximum atomic E-state index is 13.0. The second kappa shape index (κ2) is 6.68. The molecule has 0 fully saturated rings. The van der Waals surface area contributed by atoms with Gasteiger partial charge in [0.1, 0.15) is 23.2 Å². The molecule has 1 aromatic carbocycles. The molecule has 0 spiro atoms. The third-order valence-electron chi connectivity index (χ3n) is 4.45. The summed E-state index contributed by atoms with van der Waals surface area (Å²) in [5, 5.41) is 20.0. The van der Waals surface area contributed by atoms with Gasteiger partial charge in [-0.25, -0.2) is 13.8 Å². The molecule has 27 heavy (non-hydrogen) atoms. The molecule has 8 heteroatoms. The minimum absolute atomic E-state index is 0.0340. The summed E-state index contributed by atoms with van der Waals surface area (Å²) in [6.07, 6.45) is -1.38. The second-order valence-corrected chi connectivity index (χ2v) is 6.22. The van der Waals surface area contributed by atoms with Crippen molar-refractivity contribution in [1.29, 1.82) is 5.26 Å². The number of carbonyl (C=O) groups is 1. The first-order chi connectivity index (χ1) is 12.7. The zero-order valence-electron chi connectivity index (χ0n) is 14.6. The Labute approximate surface area is 153 Å². The average Bonchev–Trinajstić information content (AvgIpc) is 2.95. The quantitative estimate of drug-likeness (QED) is 0.735. The van der Waals surface area contributed by atoms with E-state index >= 15 is 0 Å². The van der Waals surface area contributed by atoms with Crippen molar-refractivity contribution in [2.75, 3.05) is 0 Å². The van der Waals surface area contributed by atoms with Gasteiger partial charge in [0.2, 0.25) is 0 Å². The highest BCUT2D eigenvalue weighted by Crippen LogP contribution is 2.38. The van der Waals surface area contributed by atoms with Gasteiger partial charge in [-0.15, -0.1) is 0 Å². The molecule has 3 aromatic rings. The Hall–Kier alpha value is -3.47. The molecule has 1 amide bonds. The summed E-state index contributed by atoms with van der Waals surface area (Å²) in [6, 6.07) is 6.64. The first-order valence-electron chi connectivity index (χ1n) is 8.06. The van der Waals surface area contributed by atoms with E-state index in [0.717, 1.165) is 10.1 Å². The molecule has 138 valence electrons. The lowest BCUT2D eigenvalue weighted by atomic mass is 9.92. The monoisotopic (exact) mass is 370 g/mol. The maximum absolute atomic E-state index is 13.0. The van der Waals surface area contributed by atoms with E-state index in [4.69, 9.17) is 5.73 Å². The summed E-state index contributed by atoms with van der Waals surface area (Å²) >= 11 is 0. The molecule has 0 aliphatic carbocycles. The molecule has 0 aliphatic rings. The fourth-order valence-electron chi connectivity index (χ4n) is 3.23. The summed E-state index contributed by atoms with van der Waals surface area (Å²) in [5.41, 5.74) is 7.81. The molecule has 0 radical (unpaired) electrons. The molecular weight excluding hydrogens is 354 g/mol. The third-order valence-corrected chi connectivity index (χ3v) is 4.45.